The van der Waals surface area contributed by atoms with Crippen molar-refractivity contribution >= 4 is 56.9 Å². The second-order valence-corrected chi connectivity index (χ2v) is 9.83. The van der Waals surface area contributed by atoms with Gasteiger partial charge in [-0.25, -0.2) is 4.99 Å². The van der Waals surface area contributed by atoms with Crippen LogP contribution in [0.1, 0.15) is 39.2 Å². The average molecular weight is 411 g/mol. The number of methoxy groups -OCH3 is 1. The molecule has 1 aliphatic heterocycles. The molecule has 0 unspecified atom stereocenters. The summed E-state index contributed by atoms with van der Waals surface area (Å²) in [6, 6.07) is 8.23. The number of thiocarbonyl (C=S) groups is 1. The molecule has 1 aliphatic rings. The van der Waals surface area contributed by atoms with Crippen LogP contribution >= 0.6 is 35.7 Å². The first-order chi connectivity index (χ1) is 12.2. The van der Waals surface area contributed by atoms with Gasteiger partial charge < -0.3 is 9.64 Å². The fraction of sp³-hybridized carbons (Fsp3) is 0.526. The molecule has 1 aromatic rings. The van der Waals surface area contributed by atoms with Crippen molar-refractivity contribution in [2.75, 3.05) is 25.2 Å². The van der Waals surface area contributed by atoms with E-state index in [1.165, 1.54) is 24.4 Å². The standard InChI is InChI=1S/C19H26N2O2S3/c1-13(2)14-8-6-7-9-15(14)20-17-21(11-19(3,4)12-26-17)18(24)25-10-16(22)23-5/h6-9,13H,10-12H2,1-5H3. The molecule has 142 valence electrons. The van der Waals surface area contributed by atoms with E-state index >= 15 is 0 Å². The van der Waals surface area contributed by atoms with Crippen LogP contribution in [0.25, 0.3) is 0 Å². The molecule has 1 fully saturated rings. The lowest BCUT2D eigenvalue weighted by Crippen LogP contribution is -2.45. The normalized spacial score (nSPS) is 18.2. The van der Waals surface area contributed by atoms with Crippen LogP contribution in [-0.4, -0.2) is 45.5 Å². The number of rotatable bonds is 4. The lowest BCUT2D eigenvalue weighted by molar-refractivity contribution is -0.137. The zero-order chi connectivity index (χ0) is 19.3. The van der Waals surface area contributed by atoms with Crippen molar-refractivity contribution in [2.24, 2.45) is 10.4 Å². The van der Waals surface area contributed by atoms with Gasteiger partial charge in [-0.3, -0.25) is 4.79 Å². The number of hydrogen-bond acceptors (Lipinski definition) is 6. The van der Waals surface area contributed by atoms with Crippen LogP contribution in [0.4, 0.5) is 5.69 Å². The Bertz CT molecular complexity index is 702. The summed E-state index contributed by atoms with van der Waals surface area (Å²) in [4.78, 5) is 18.5. The lowest BCUT2D eigenvalue weighted by atomic mass is 9.96. The summed E-state index contributed by atoms with van der Waals surface area (Å²) in [5.74, 6) is 1.32. The van der Waals surface area contributed by atoms with Gasteiger partial charge in [-0.1, -0.05) is 81.6 Å². The Hall–Kier alpha value is -1.05. The predicted octanol–water partition coefficient (Wildman–Crippen LogP) is 5.06. The molecule has 2 rings (SSSR count). The molecule has 0 amide bonds. The maximum atomic E-state index is 11.5. The van der Waals surface area contributed by atoms with E-state index in [1.54, 1.807) is 11.8 Å². The highest BCUT2D eigenvalue weighted by molar-refractivity contribution is 8.23. The topological polar surface area (TPSA) is 41.9 Å². The molecule has 0 N–H and O–H groups in total. The summed E-state index contributed by atoms with van der Waals surface area (Å²) in [5, 5.41) is 0.903. The van der Waals surface area contributed by atoms with Crippen molar-refractivity contribution in [1.82, 2.24) is 4.90 Å². The quantitative estimate of drug-likeness (QED) is 0.510. The highest BCUT2D eigenvalue weighted by atomic mass is 32.2. The minimum atomic E-state index is -0.273. The van der Waals surface area contributed by atoms with Gasteiger partial charge in [-0.05, 0) is 23.0 Å². The van der Waals surface area contributed by atoms with Gasteiger partial charge in [0, 0.05) is 12.3 Å². The number of aliphatic imine (C=N–C) groups is 1. The van der Waals surface area contributed by atoms with Crippen LogP contribution in [0.5, 0.6) is 0 Å². The largest absolute Gasteiger partial charge is 0.468 e. The van der Waals surface area contributed by atoms with Crippen LogP contribution in [-0.2, 0) is 9.53 Å². The van der Waals surface area contributed by atoms with Gasteiger partial charge in [0.1, 0.15) is 4.32 Å². The maximum absolute atomic E-state index is 11.5. The molecule has 0 bridgehead atoms. The molecule has 1 saturated heterocycles. The molecular weight excluding hydrogens is 384 g/mol. The van der Waals surface area contributed by atoms with Crippen molar-refractivity contribution in [3.63, 3.8) is 0 Å². The second-order valence-electron chi connectivity index (χ2n) is 7.28. The van der Waals surface area contributed by atoms with Crippen LogP contribution in [0.3, 0.4) is 0 Å². The number of esters is 1. The molecule has 4 nitrogen and oxygen atoms in total. The van der Waals surface area contributed by atoms with Gasteiger partial charge in [-0.15, -0.1) is 0 Å². The summed E-state index contributed by atoms with van der Waals surface area (Å²) < 4.78 is 5.38. The monoisotopic (exact) mass is 410 g/mol. The third-order valence-electron chi connectivity index (χ3n) is 3.95. The van der Waals surface area contributed by atoms with Gasteiger partial charge in [0.25, 0.3) is 0 Å². The fourth-order valence-electron chi connectivity index (χ4n) is 2.55. The summed E-state index contributed by atoms with van der Waals surface area (Å²) in [6.45, 7) is 9.57. The third kappa shape index (κ3) is 5.72. The van der Waals surface area contributed by atoms with E-state index in [4.69, 9.17) is 21.9 Å². The molecule has 0 aliphatic carbocycles. The average Bonchev–Trinajstić information content (AvgIpc) is 2.60. The van der Waals surface area contributed by atoms with Crippen molar-refractivity contribution in [3.05, 3.63) is 29.8 Å². The molecular formula is C19H26N2O2S3. The van der Waals surface area contributed by atoms with E-state index in [1.807, 2.05) is 18.2 Å². The van der Waals surface area contributed by atoms with Crippen LogP contribution in [0.15, 0.2) is 29.3 Å². The minimum Gasteiger partial charge on any atom is -0.468 e. The molecule has 7 heteroatoms. The van der Waals surface area contributed by atoms with E-state index in [9.17, 15) is 4.79 Å². The minimum absolute atomic E-state index is 0.122. The number of benzene rings is 1. The van der Waals surface area contributed by atoms with Gasteiger partial charge in [0.2, 0.25) is 0 Å². The van der Waals surface area contributed by atoms with Crippen LogP contribution in [0, 0.1) is 5.41 Å². The molecule has 1 aromatic carbocycles. The Morgan fingerprint density at radius 3 is 2.77 bits per heavy atom. The first kappa shape index (κ1) is 21.3. The van der Waals surface area contributed by atoms with E-state index in [-0.39, 0.29) is 17.1 Å². The zero-order valence-corrected chi connectivity index (χ0v) is 18.4. The molecule has 0 saturated carbocycles. The van der Waals surface area contributed by atoms with Crippen molar-refractivity contribution in [1.29, 1.82) is 0 Å². The number of amidine groups is 1. The van der Waals surface area contributed by atoms with E-state index in [2.05, 4.69) is 38.7 Å². The SMILES string of the molecule is COC(=O)CSC(=S)N1CC(C)(C)CSC1=Nc1ccccc1C(C)C. The fourth-order valence-corrected chi connectivity index (χ4v) is 4.75. The van der Waals surface area contributed by atoms with Crippen LogP contribution < -0.4 is 0 Å². The van der Waals surface area contributed by atoms with Gasteiger partial charge in [0.05, 0.1) is 18.6 Å². The van der Waals surface area contributed by atoms with Crippen LogP contribution in [0.2, 0.25) is 0 Å². The highest BCUT2D eigenvalue weighted by Gasteiger charge is 2.33. The number of carbonyl (C=O) groups excluding carboxylic acids is 1. The Balaban J connectivity index is 2.29. The Labute approximate surface area is 170 Å². The second kappa shape index (κ2) is 9.24. The van der Waals surface area contributed by atoms with Gasteiger partial charge in [0.15, 0.2) is 5.17 Å². The number of carbonyl (C=O) groups is 1. The third-order valence-corrected chi connectivity index (χ3v) is 6.86. The first-order valence-electron chi connectivity index (χ1n) is 8.55. The first-order valence-corrected chi connectivity index (χ1v) is 10.9. The molecule has 0 spiro atoms. The number of hydrogen-bond donors (Lipinski definition) is 0. The molecule has 26 heavy (non-hydrogen) atoms. The number of thioether (sulfide) groups is 2. The Kier molecular flexibility index (Phi) is 7.55. The molecule has 0 radical (unpaired) electrons. The van der Waals surface area contributed by atoms with Gasteiger partial charge in [-0.2, -0.15) is 0 Å². The Morgan fingerprint density at radius 2 is 2.12 bits per heavy atom. The van der Waals surface area contributed by atoms with Crippen molar-refractivity contribution in [3.8, 4) is 0 Å². The Morgan fingerprint density at radius 1 is 1.42 bits per heavy atom. The highest BCUT2D eigenvalue weighted by Crippen LogP contribution is 2.35. The molecule has 1 heterocycles. The van der Waals surface area contributed by atoms with Gasteiger partial charge >= 0.3 is 5.97 Å². The maximum Gasteiger partial charge on any atom is 0.316 e. The zero-order valence-electron chi connectivity index (χ0n) is 15.9. The van der Waals surface area contributed by atoms with E-state index in [0.717, 1.165) is 23.2 Å². The van der Waals surface area contributed by atoms with Crippen molar-refractivity contribution in [2.45, 2.75) is 33.6 Å². The number of ether oxygens (including phenoxy) is 1. The summed E-state index contributed by atoms with van der Waals surface area (Å²) in [7, 11) is 1.39. The molecule has 0 atom stereocenters. The predicted molar refractivity (Wildman–Crippen MR) is 118 cm³/mol. The van der Waals surface area contributed by atoms with E-state index < -0.39 is 0 Å². The summed E-state index contributed by atoms with van der Waals surface area (Å²) in [6.07, 6.45) is 0. The van der Waals surface area contributed by atoms with Crippen molar-refractivity contribution < 1.29 is 9.53 Å². The summed E-state index contributed by atoms with van der Waals surface area (Å²) in [5.41, 5.74) is 2.32. The number of para-hydroxylation sites is 1. The van der Waals surface area contributed by atoms with E-state index in [0.29, 0.717) is 10.2 Å². The lowest BCUT2D eigenvalue weighted by Gasteiger charge is -2.39. The molecule has 0 aromatic heterocycles. The smallest absolute Gasteiger partial charge is 0.316 e. The number of nitrogens with zero attached hydrogens (tertiary/aromatic N) is 2. The summed E-state index contributed by atoms with van der Waals surface area (Å²) >= 11 is 8.66.